The van der Waals surface area contributed by atoms with Gasteiger partial charge in [-0.15, -0.1) is 22.7 Å². The fourth-order valence-corrected chi connectivity index (χ4v) is 4.53. The van der Waals surface area contributed by atoms with Crippen LogP contribution in [-0.4, -0.2) is 17.9 Å². The first-order valence-electron chi connectivity index (χ1n) is 6.11. The van der Waals surface area contributed by atoms with Gasteiger partial charge in [0, 0.05) is 27.5 Å². The predicted molar refractivity (Wildman–Crippen MR) is 89.6 cm³/mol. The molecule has 0 unspecified atom stereocenters. The Labute approximate surface area is 133 Å². The number of rotatable bonds is 3. The van der Waals surface area contributed by atoms with Crippen LogP contribution in [0.5, 0.6) is 0 Å². The fraction of sp³-hybridized carbons (Fsp3) is 0.133. The molecule has 0 N–H and O–H groups in total. The maximum absolute atomic E-state index is 12.5. The Morgan fingerprint density at radius 3 is 2.80 bits per heavy atom. The monoisotopic (exact) mass is 365 g/mol. The molecule has 0 aliphatic rings. The molecular formula is C15H12BrNOS2. The number of benzene rings is 1. The molecule has 0 aliphatic carbocycles. The summed E-state index contributed by atoms with van der Waals surface area (Å²) in [5, 5.41) is 2.06. The molecule has 2 heterocycles. The molecule has 1 amide bonds. The molecule has 2 nitrogen and oxygen atoms in total. The Morgan fingerprint density at radius 1 is 1.25 bits per heavy atom. The van der Waals surface area contributed by atoms with Crippen molar-refractivity contribution in [3.8, 4) is 0 Å². The van der Waals surface area contributed by atoms with E-state index in [0.29, 0.717) is 6.54 Å². The standard InChI is InChI=1S/C15H12BrNOS2/c1-17(9-10-4-2-3-5-11(10)16)15(18)14-8-13-12(20-14)6-7-19-13/h2-8H,9H2,1H3. The van der Waals surface area contributed by atoms with Crippen molar-refractivity contribution < 1.29 is 4.79 Å². The van der Waals surface area contributed by atoms with Gasteiger partial charge in [-0.25, -0.2) is 0 Å². The highest BCUT2D eigenvalue weighted by molar-refractivity contribution is 9.10. The summed E-state index contributed by atoms with van der Waals surface area (Å²) in [6, 6.07) is 12.0. The van der Waals surface area contributed by atoms with Gasteiger partial charge in [-0.3, -0.25) is 4.79 Å². The summed E-state index contributed by atoms with van der Waals surface area (Å²) in [5.41, 5.74) is 1.11. The minimum Gasteiger partial charge on any atom is -0.337 e. The summed E-state index contributed by atoms with van der Waals surface area (Å²) in [6.45, 7) is 0.603. The van der Waals surface area contributed by atoms with Crippen LogP contribution in [0.2, 0.25) is 0 Å². The number of fused-ring (bicyclic) bond motifs is 1. The Hall–Kier alpha value is -1.17. The van der Waals surface area contributed by atoms with Gasteiger partial charge in [-0.1, -0.05) is 34.1 Å². The van der Waals surface area contributed by atoms with Crippen LogP contribution < -0.4 is 0 Å². The molecule has 0 radical (unpaired) electrons. The zero-order valence-corrected chi connectivity index (χ0v) is 14.0. The maximum Gasteiger partial charge on any atom is 0.264 e. The van der Waals surface area contributed by atoms with Crippen LogP contribution in [-0.2, 0) is 6.54 Å². The molecule has 0 saturated heterocycles. The summed E-state index contributed by atoms with van der Waals surface area (Å²) in [5.74, 6) is 0.0779. The van der Waals surface area contributed by atoms with Crippen molar-refractivity contribution in [2.75, 3.05) is 7.05 Å². The second kappa shape index (κ2) is 5.68. The Morgan fingerprint density at radius 2 is 2.05 bits per heavy atom. The van der Waals surface area contributed by atoms with E-state index in [0.717, 1.165) is 14.9 Å². The van der Waals surface area contributed by atoms with E-state index in [-0.39, 0.29) is 5.91 Å². The molecule has 3 aromatic rings. The highest BCUT2D eigenvalue weighted by Crippen LogP contribution is 2.30. The number of hydrogen-bond acceptors (Lipinski definition) is 3. The number of carbonyl (C=O) groups excluding carboxylic acids is 1. The average molecular weight is 366 g/mol. The van der Waals surface area contributed by atoms with Crippen molar-refractivity contribution in [3.63, 3.8) is 0 Å². The first-order chi connectivity index (χ1) is 9.65. The topological polar surface area (TPSA) is 20.3 Å². The largest absolute Gasteiger partial charge is 0.337 e. The predicted octanol–water partition coefficient (Wildman–Crippen LogP) is 5.00. The third-order valence-electron chi connectivity index (χ3n) is 3.06. The maximum atomic E-state index is 12.5. The summed E-state index contributed by atoms with van der Waals surface area (Å²) < 4.78 is 3.41. The fourth-order valence-electron chi connectivity index (χ4n) is 2.01. The second-order valence-electron chi connectivity index (χ2n) is 4.51. The van der Waals surface area contributed by atoms with Crippen LogP contribution in [0.1, 0.15) is 15.2 Å². The summed E-state index contributed by atoms with van der Waals surface area (Å²) in [7, 11) is 1.84. The van der Waals surface area contributed by atoms with Crippen molar-refractivity contribution in [3.05, 3.63) is 56.7 Å². The van der Waals surface area contributed by atoms with E-state index in [1.807, 2.05) is 37.4 Å². The van der Waals surface area contributed by atoms with E-state index >= 15 is 0 Å². The van der Waals surface area contributed by atoms with Gasteiger partial charge in [0.2, 0.25) is 0 Å². The summed E-state index contributed by atoms with van der Waals surface area (Å²) in [4.78, 5) is 15.0. The summed E-state index contributed by atoms with van der Waals surface area (Å²) >= 11 is 6.76. The third kappa shape index (κ3) is 2.66. The van der Waals surface area contributed by atoms with Crippen LogP contribution in [0.15, 0.2) is 46.3 Å². The van der Waals surface area contributed by atoms with Crippen molar-refractivity contribution in [1.82, 2.24) is 4.90 Å². The van der Waals surface area contributed by atoms with Crippen LogP contribution in [0.4, 0.5) is 0 Å². The van der Waals surface area contributed by atoms with Crippen molar-refractivity contribution >= 4 is 53.9 Å². The van der Waals surface area contributed by atoms with Crippen LogP contribution in [0, 0.1) is 0 Å². The highest BCUT2D eigenvalue weighted by atomic mass is 79.9. The second-order valence-corrected chi connectivity index (χ2v) is 7.40. The van der Waals surface area contributed by atoms with Gasteiger partial charge in [-0.05, 0) is 29.1 Å². The number of nitrogens with zero attached hydrogens (tertiary/aromatic N) is 1. The number of hydrogen-bond donors (Lipinski definition) is 0. The minimum absolute atomic E-state index is 0.0779. The van der Waals surface area contributed by atoms with E-state index in [1.54, 1.807) is 27.6 Å². The lowest BCUT2D eigenvalue weighted by Gasteiger charge is -2.17. The summed E-state index contributed by atoms with van der Waals surface area (Å²) in [6.07, 6.45) is 0. The Balaban J connectivity index is 1.80. The normalized spacial score (nSPS) is 10.9. The zero-order chi connectivity index (χ0) is 14.1. The molecular weight excluding hydrogens is 354 g/mol. The lowest BCUT2D eigenvalue weighted by atomic mass is 10.2. The molecule has 0 bridgehead atoms. The third-order valence-corrected chi connectivity index (χ3v) is 5.92. The lowest BCUT2D eigenvalue weighted by Crippen LogP contribution is -2.25. The molecule has 0 spiro atoms. The Kier molecular flexibility index (Phi) is 3.92. The molecule has 1 aromatic carbocycles. The molecule has 3 rings (SSSR count). The smallest absolute Gasteiger partial charge is 0.264 e. The molecule has 0 atom stereocenters. The van der Waals surface area contributed by atoms with Gasteiger partial charge in [0.05, 0.1) is 4.88 Å². The van der Waals surface area contributed by atoms with Crippen molar-refractivity contribution in [2.45, 2.75) is 6.54 Å². The molecule has 5 heteroatoms. The van der Waals surface area contributed by atoms with Crippen LogP contribution in [0.25, 0.3) is 9.40 Å². The molecule has 0 saturated carbocycles. The Bertz CT molecular complexity index is 733. The first-order valence-corrected chi connectivity index (χ1v) is 8.60. The van der Waals surface area contributed by atoms with Gasteiger partial charge >= 0.3 is 0 Å². The number of halogens is 1. The van der Waals surface area contributed by atoms with E-state index in [2.05, 4.69) is 27.4 Å². The zero-order valence-electron chi connectivity index (χ0n) is 10.8. The first kappa shape index (κ1) is 13.8. The highest BCUT2D eigenvalue weighted by Gasteiger charge is 2.16. The van der Waals surface area contributed by atoms with E-state index in [1.165, 1.54) is 9.40 Å². The minimum atomic E-state index is 0.0779. The van der Waals surface area contributed by atoms with Crippen LogP contribution in [0.3, 0.4) is 0 Å². The van der Waals surface area contributed by atoms with Gasteiger partial charge in [0.25, 0.3) is 5.91 Å². The quantitative estimate of drug-likeness (QED) is 0.639. The van der Waals surface area contributed by atoms with Gasteiger partial charge in [0.1, 0.15) is 0 Å². The molecule has 0 fully saturated rings. The van der Waals surface area contributed by atoms with E-state index in [4.69, 9.17) is 0 Å². The number of carbonyl (C=O) groups is 1. The number of amides is 1. The van der Waals surface area contributed by atoms with Gasteiger partial charge in [-0.2, -0.15) is 0 Å². The van der Waals surface area contributed by atoms with Crippen LogP contribution >= 0.6 is 38.6 Å². The van der Waals surface area contributed by atoms with Crippen molar-refractivity contribution in [2.24, 2.45) is 0 Å². The van der Waals surface area contributed by atoms with Gasteiger partial charge < -0.3 is 4.90 Å². The molecule has 0 aliphatic heterocycles. The average Bonchev–Trinajstić information content (AvgIpc) is 3.01. The lowest BCUT2D eigenvalue weighted by molar-refractivity contribution is 0.0789. The van der Waals surface area contributed by atoms with E-state index in [9.17, 15) is 4.79 Å². The molecule has 102 valence electrons. The SMILES string of the molecule is CN(Cc1ccccc1Br)C(=O)c1cc2sccc2s1. The molecule has 2 aromatic heterocycles. The van der Waals surface area contributed by atoms with Gasteiger partial charge in [0.15, 0.2) is 0 Å². The number of thiophene rings is 2. The van der Waals surface area contributed by atoms with Crippen molar-refractivity contribution in [1.29, 1.82) is 0 Å². The molecule has 20 heavy (non-hydrogen) atoms. The van der Waals surface area contributed by atoms with E-state index < -0.39 is 0 Å².